The van der Waals surface area contributed by atoms with E-state index in [9.17, 15) is 18.0 Å². The molecular weight excluding hydrogens is 223 g/mol. The van der Waals surface area contributed by atoms with Gasteiger partial charge in [-0.15, -0.1) is 0 Å². The van der Waals surface area contributed by atoms with E-state index < -0.39 is 17.6 Å². The number of anilines is 1. The third-order valence-corrected chi connectivity index (χ3v) is 1.98. The molecule has 0 radical (unpaired) electrons. The molecular formula is C9H10F3N3O. The molecule has 3 N–H and O–H groups in total. The van der Waals surface area contributed by atoms with Gasteiger partial charge in [-0.3, -0.25) is 9.78 Å². The Morgan fingerprint density at radius 3 is 2.56 bits per heavy atom. The molecule has 0 aromatic carbocycles. The monoisotopic (exact) mass is 233 g/mol. The maximum Gasteiger partial charge on any atom is 0.415 e. The zero-order valence-corrected chi connectivity index (χ0v) is 8.38. The highest BCUT2D eigenvalue weighted by molar-refractivity contribution is 5.98. The fraction of sp³-hybridized carbons (Fsp3) is 0.333. The van der Waals surface area contributed by atoms with Gasteiger partial charge >= 0.3 is 6.18 Å². The maximum absolute atomic E-state index is 12.4. The van der Waals surface area contributed by atoms with Crippen LogP contribution in [0, 0.1) is 0 Å². The van der Waals surface area contributed by atoms with Crippen LogP contribution in [0.4, 0.5) is 18.9 Å². The van der Waals surface area contributed by atoms with Crippen LogP contribution in [0.15, 0.2) is 24.5 Å². The molecule has 0 saturated carbocycles. The van der Waals surface area contributed by atoms with Crippen molar-refractivity contribution in [3.05, 3.63) is 24.5 Å². The van der Waals surface area contributed by atoms with E-state index in [1.807, 2.05) is 5.32 Å². The number of carbonyl (C=O) groups excluding carboxylic acids is 1. The second kappa shape index (κ2) is 4.09. The number of pyridine rings is 1. The molecule has 1 unspecified atom stereocenters. The van der Waals surface area contributed by atoms with Gasteiger partial charge in [0.2, 0.25) is 0 Å². The average Bonchev–Trinajstić information content (AvgIpc) is 2.17. The van der Waals surface area contributed by atoms with Gasteiger partial charge in [0.05, 0.1) is 11.9 Å². The van der Waals surface area contributed by atoms with Crippen molar-refractivity contribution in [1.82, 2.24) is 4.98 Å². The predicted molar refractivity (Wildman–Crippen MR) is 51.5 cm³/mol. The van der Waals surface area contributed by atoms with E-state index in [4.69, 9.17) is 5.73 Å². The van der Waals surface area contributed by atoms with E-state index in [-0.39, 0.29) is 5.69 Å². The molecule has 0 aliphatic heterocycles. The van der Waals surface area contributed by atoms with Crippen molar-refractivity contribution in [2.45, 2.75) is 18.6 Å². The van der Waals surface area contributed by atoms with Crippen LogP contribution >= 0.6 is 0 Å². The number of hydrogen-bond donors (Lipinski definition) is 2. The smallest absolute Gasteiger partial charge is 0.323 e. The highest BCUT2D eigenvalue weighted by Gasteiger charge is 2.53. The number of nitrogens with zero attached hydrogens (tertiary/aromatic N) is 1. The lowest BCUT2D eigenvalue weighted by molar-refractivity contribution is -0.184. The second-order valence-electron chi connectivity index (χ2n) is 3.40. The first-order chi connectivity index (χ1) is 7.25. The zero-order valence-electron chi connectivity index (χ0n) is 8.38. The number of rotatable bonds is 2. The van der Waals surface area contributed by atoms with E-state index in [1.54, 1.807) is 0 Å². The quantitative estimate of drug-likeness (QED) is 0.809. The molecule has 1 rings (SSSR count). The van der Waals surface area contributed by atoms with Gasteiger partial charge in [0.15, 0.2) is 5.54 Å². The maximum atomic E-state index is 12.4. The van der Waals surface area contributed by atoms with Crippen LogP contribution in [0.3, 0.4) is 0 Å². The van der Waals surface area contributed by atoms with Crippen molar-refractivity contribution in [1.29, 1.82) is 0 Å². The molecule has 0 aliphatic rings. The first kappa shape index (κ1) is 12.4. The van der Waals surface area contributed by atoms with Gasteiger partial charge < -0.3 is 11.1 Å². The molecule has 1 aromatic heterocycles. The fourth-order valence-electron chi connectivity index (χ4n) is 0.826. The van der Waals surface area contributed by atoms with Crippen LogP contribution < -0.4 is 11.1 Å². The van der Waals surface area contributed by atoms with Gasteiger partial charge in [-0.2, -0.15) is 13.2 Å². The van der Waals surface area contributed by atoms with Crippen LogP contribution in [-0.4, -0.2) is 22.6 Å². The summed E-state index contributed by atoms with van der Waals surface area (Å²) in [6.07, 6.45) is -2.15. The number of nitrogens with two attached hydrogens (primary N) is 1. The minimum atomic E-state index is -4.81. The van der Waals surface area contributed by atoms with Crippen LogP contribution in [0.25, 0.3) is 0 Å². The van der Waals surface area contributed by atoms with Crippen LogP contribution in [0.5, 0.6) is 0 Å². The van der Waals surface area contributed by atoms with Crippen molar-refractivity contribution in [3.8, 4) is 0 Å². The summed E-state index contributed by atoms with van der Waals surface area (Å²) in [5.41, 5.74) is 2.16. The first-order valence-corrected chi connectivity index (χ1v) is 4.32. The molecule has 16 heavy (non-hydrogen) atoms. The number of hydrogen-bond acceptors (Lipinski definition) is 3. The minimum Gasteiger partial charge on any atom is -0.323 e. The predicted octanol–water partition coefficient (Wildman–Crippen LogP) is 1.30. The number of nitrogens with one attached hydrogen (secondary N) is 1. The summed E-state index contributed by atoms with van der Waals surface area (Å²) in [6.45, 7) is 0.610. The average molecular weight is 233 g/mol. The molecule has 0 saturated heterocycles. The molecule has 0 fully saturated rings. The number of carbonyl (C=O) groups is 1. The first-order valence-electron chi connectivity index (χ1n) is 4.32. The van der Waals surface area contributed by atoms with Gasteiger partial charge in [-0.1, -0.05) is 0 Å². The molecule has 7 heteroatoms. The number of alkyl halides is 3. The molecule has 4 nitrogen and oxygen atoms in total. The van der Waals surface area contributed by atoms with Crippen LogP contribution in [0.2, 0.25) is 0 Å². The van der Waals surface area contributed by atoms with Crippen molar-refractivity contribution in [2.24, 2.45) is 5.73 Å². The molecule has 0 aliphatic carbocycles. The topological polar surface area (TPSA) is 68.0 Å². The molecule has 1 aromatic rings. The van der Waals surface area contributed by atoms with Crippen molar-refractivity contribution >= 4 is 11.6 Å². The van der Waals surface area contributed by atoms with Crippen LogP contribution in [0.1, 0.15) is 6.92 Å². The third-order valence-electron chi connectivity index (χ3n) is 1.98. The highest BCUT2D eigenvalue weighted by Crippen LogP contribution is 2.28. The number of amides is 1. The lowest BCUT2D eigenvalue weighted by atomic mass is 10.0. The van der Waals surface area contributed by atoms with Gasteiger partial charge in [-0.05, 0) is 19.1 Å². The van der Waals surface area contributed by atoms with Gasteiger partial charge in [0.1, 0.15) is 0 Å². The van der Waals surface area contributed by atoms with Gasteiger partial charge in [0, 0.05) is 6.20 Å². The molecule has 1 atom stereocenters. The van der Waals surface area contributed by atoms with Crippen molar-refractivity contribution in [3.63, 3.8) is 0 Å². The zero-order chi connectivity index (χ0) is 12.4. The summed E-state index contributed by atoms with van der Waals surface area (Å²) < 4.78 is 37.2. The summed E-state index contributed by atoms with van der Waals surface area (Å²) >= 11 is 0. The van der Waals surface area contributed by atoms with Crippen molar-refractivity contribution in [2.75, 3.05) is 5.32 Å². The normalized spacial score (nSPS) is 15.3. The Labute approximate surface area is 89.7 Å². The number of aromatic nitrogens is 1. The number of halogens is 3. The fourth-order valence-corrected chi connectivity index (χ4v) is 0.826. The molecule has 1 heterocycles. The Morgan fingerprint density at radius 1 is 1.50 bits per heavy atom. The minimum absolute atomic E-state index is 0.161. The van der Waals surface area contributed by atoms with Gasteiger partial charge in [0.25, 0.3) is 5.91 Å². The Balaban J connectivity index is 2.81. The SMILES string of the molecule is CC(N)(C(=O)Nc1cccnc1)C(F)(F)F. The van der Waals surface area contributed by atoms with E-state index in [0.29, 0.717) is 6.92 Å². The Hall–Kier alpha value is -1.63. The van der Waals surface area contributed by atoms with E-state index in [0.717, 1.165) is 0 Å². The third kappa shape index (κ3) is 2.48. The summed E-state index contributed by atoms with van der Waals surface area (Å²) in [6, 6.07) is 2.90. The lowest BCUT2D eigenvalue weighted by Gasteiger charge is -2.25. The molecule has 88 valence electrons. The molecule has 1 amide bonds. The molecule has 0 bridgehead atoms. The second-order valence-corrected chi connectivity index (χ2v) is 3.40. The largest absolute Gasteiger partial charge is 0.415 e. The van der Waals surface area contributed by atoms with E-state index >= 15 is 0 Å². The van der Waals surface area contributed by atoms with Crippen molar-refractivity contribution < 1.29 is 18.0 Å². The van der Waals surface area contributed by atoms with E-state index in [1.165, 1.54) is 24.5 Å². The Kier molecular flexibility index (Phi) is 3.18. The summed E-state index contributed by atoms with van der Waals surface area (Å²) in [5.74, 6) is -1.33. The summed E-state index contributed by atoms with van der Waals surface area (Å²) in [7, 11) is 0. The van der Waals surface area contributed by atoms with Gasteiger partial charge in [-0.25, -0.2) is 0 Å². The summed E-state index contributed by atoms with van der Waals surface area (Å²) in [4.78, 5) is 14.9. The molecule has 0 spiro atoms. The Morgan fingerprint density at radius 2 is 2.12 bits per heavy atom. The standard InChI is InChI=1S/C9H10F3N3O/c1-8(13,9(10,11)12)7(16)15-6-3-2-4-14-5-6/h2-5H,13H2,1H3,(H,15,16). The van der Waals surface area contributed by atoms with E-state index in [2.05, 4.69) is 4.98 Å². The Bertz CT molecular complexity index is 375. The highest BCUT2D eigenvalue weighted by atomic mass is 19.4. The van der Waals surface area contributed by atoms with Crippen LogP contribution in [-0.2, 0) is 4.79 Å². The lowest BCUT2D eigenvalue weighted by Crippen LogP contribution is -2.59. The summed E-state index contributed by atoms with van der Waals surface area (Å²) in [5, 5.41) is 2.04.